The number of imide groups is 1. The zero-order chi connectivity index (χ0) is 24.4. The highest BCUT2D eigenvalue weighted by Crippen LogP contribution is 2.53. The molecule has 8 heteroatoms. The molecule has 2 fully saturated rings. The Balaban J connectivity index is 1.24. The number of anilines is 2. The largest absolute Gasteiger partial charge is 0.316 e. The molecule has 2 aromatic carbocycles. The molecule has 4 atom stereocenters. The van der Waals surface area contributed by atoms with E-state index in [9.17, 15) is 19.2 Å². The van der Waals surface area contributed by atoms with Gasteiger partial charge in [0.05, 0.1) is 28.9 Å². The molecule has 0 spiro atoms. The highest BCUT2D eigenvalue weighted by Gasteiger charge is 2.59. The van der Waals surface area contributed by atoms with E-state index >= 15 is 0 Å². The van der Waals surface area contributed by atoms with Crippen LogP contribution >= 0.6 is 0 Å². The maximum absolute atomic E-state index is 13.1. The van der Waals surface area contributed by atoms with Crippen LogP contribution in [-0.2, 0) is 16.6 Å². The monoisotopic (exact) mass is 468 g/mol. The van der Waals surface area contributed by atoms with Gasteiger partial charge in [-0.15, -0.1) is 0 Å². The molecule has 1 aromatic heterocycles. The molecule has 0 unspecified atom stereocenters. The van der Waals surface area contributed by atoms with Crippen LogP contribution in [0.2, 0.25) is 0 Å². The lowest BCUT2D eigenvalue weighted by Crippen LogP contribution is -2.32. The third kappa shape index (κ3) is 3.06. The van der Waals surface area contributed by atoms with Gasteiger partial charge in [0.25, 0.3) is 11.5 Å². The maximum Gasteiger partial charge on any atom is 0.295 e. The second-order valence-electron chi connectivity index (χ2n) is 9.45. The number of fused-ring (bicyclic) bond motifs is 5. The fourth-order valence-electron chi connectivity index (χ4n) is 5.82. The summed E-state index contributed by atoms with van der Waals surface area (Å²) in [6.07, 6.45) is 5.00. The van der Waals surface area contributed by atoms with Crippen molar-refractivity contribution in [2.24, 2.45) is 30.7 Å². The molecule has 1 saturated heterocycles. The van der Waals surface area contributed by atoms with Gasteiger partial charge in [-0.25, -0.2) is 4.68 Å². The van der Waals surface area contributed by atoms with Crippen LogP contribution in [0.1, 0.15) is 22.5 Å². The summed E-state index contributed by atoms with van der Waals surface area (Å²) in [7, 11) is 1.76. The van der Waals surface area contributed by atoms with E-state index in [2.05, 4.69) is 17.5 Å². The van der Waals surface area contributed by atoms with E-state index < -0.39 is 5.91 Å². The summed E-state index contributed by atoms with van der Waals surface area (Å²) in [5, 5.41) is 2.74. The molecule has 35 heavy (non-hydrogen) atoms. The number of hydrogen-bond donors (Lipinski definition) is 1. The van der Waals surface area contributed by atoms with Gasteiger partial charge in [-0.3, -0.25) is 28.8 Å². The first kappa shape index (κ1) is 21.3. The highest BCUT2D eigenvalue weighted by atomic mass is 16.2. The Hall–Kier alpha value is -4.20. The SMILES string of the molecule is Cc1c(NC(=O)c2ccc(N3C(=O)[C@@H]4[C@@H](C3=O)[C@H]3C=C[C@H]4C3)cc2)c(=O)n(-c2ccccc2)n1C. The average Bonchev–Trinajstić information content (AvgIpc) is 3.60. The first-order valence-corrected chi connectivity index (χ1v) is 11.7. The van der Waals surface area contributed by atoms with Gasteiger partial charge in [0, 0.05) is 12.6 Å². The highest BCUT2D eigenvalue weighted by molar-refractivity contribution is 6.23. The van der Waals surface area contributed by atoms with Gasteiger partial charge >= 0.3 is 0 Å². The zero-order valence-corrected chi connectivity index (χ0v) is 19.3. The Morgan fingerprint density at radius 2 is 1.46 bits per heavy atom. The number of hydrogen-bond acceptors (Lipinski definition) is 4. The van der Waals surface area contributed by atoms with Crippen LogP contribution in [0.5, 0.6) is 0 Å². The topological polar surface area (TPSA) is 93.4 Å². The summed E-state index contributed by atoms with van der Waals surface area (Å²) < 4.78 is 3.19. The molecule has 2 aliphatic carbocycles. The summed E-state index contributed by atoms with van der Waals surface area (Å²) in [4.78, 5) is 53.4. The normalized spacial score (nSPS) is 24.3. The minimum Gasteiger partial charge on any atom is -0.316 e. The maximum atomic E-state index is 13.1. The summed E-state index contributed by atoms with van der Waals surface area (Å²) in [5.41, 5.74) is 1.97. The van der Waals surface area contributed by atoms with Gasteiger partial charge < -0.3 is 5.32 Å². The number of para-hydroxylation sites is 1. The van der Waals surface area contributed by atoms with Crippen molar-refractivity contribution >= 4 is 29.1 Å². The number of nitrogens with zero attached hydrogens (tertiary/aromatic N) is 3. The molecule has 0 radical (unpaired) electrons. The molecule has 6 rings (SSSR count). The summed E-state index contributed by atoms with van der Waals surface area (Å²) in [6.45, 7) is 1.77. The fraction of sp³-hybridized carbons (Fsp3) is 0.259. The van der Waals surface area contributed by atoms with E-state index in [4.69, 9.17) is 0 Å². The Morgan fingerprint density at radius 3 is 2.06 bits per heavy atom. The van der Waals surface area contributed by atoms with E-state index in [1.54, 1.807) is 42.9 Å². The van der Waals surface area contributed by atoms with Crippen LogP contribution in [0.15, 0.2) is 71.5 Å². The first-order chi connectivity index (χ1) is 16.9. The van der Waals surface area contributed by atoms with Crippen molar-refractivity contribution < 1.29 is 14.4 Å². The number of rotatable bonds is 4. The quantitative estimate of drug-likeness (QED) is 0.471. The third-order valence-corrected chi connectivity index (χ3v) is 7.65. The molecule has 3 amide bonds. The standard InChI is InChI=1S/C27H24N4O4/c1-15-23(27(35)31(29(15)2)20-6-4-3-5-7-20)28-24(32)16-10-12-19(13-11-16)30-25(33)21-17-8-9-18(14-17)22(21)26(30)34/h3-13,17-18,21-22H,14H2,1-2H3,(H,28,32)/t17-,18-,21-,22-/m0/s1. The van der Waals surface area contributed by atoms with Crippen molar-refractivity contribution in [3.8, 4) is 5.69 Å². The Morgan fingerprint density at radius 1 is 0.857 bits per heavy atom. The lowest BCUT2D eigenvalue weighted by molar-refractivity contribution is -0.123. The van der Waals surface area contributed by atoms with Crippen molar-refractivity contribution in [2.45, 2.75) is 13.3 Å². The third-order valence-electron chi connectivity index (χ3n) is 7.65. The summed E-state index contributed by atoms with van der Waals surface area (Å²) >= 11 is 0. The minimum absolute atomic E-state index is 0.144. The lowest BCUT2D eigenvalue weighted by Gasteiger charge is -2.17. The predicted octanol–water partition coefficient (Wildman–Crippen LogP) is 3.05. The van der Waals surface area contributed by atoms with Gasteiger partial charge in [-0.1, -0.05) is 30.4 Å². The number of aromatic nitrogens is 2. The average molecular weight is 469 g/mol. The minimum atomic E-state index is -0.444. The number of carbonyl (C=O) groups is 3. The number of amides is 3. The second kappa shape index (κ2) is 7.66. The molecule has 1 saturated carbocycles. The van der Waals surface area contributed by atoms with Crippen LogP contribution in [-0.4, -0.2) is 27.1 Å². The Bertz CT molecular complexity index is 1440. The van der Waals surface area contributed by atoms with Crippen molar-refractivity contribution in [3.63, 3.8) is 0 Å². The number of nitrogens with one attached hydrogen (secondary N) is 1. The van der Waals surface area contributed by atoms with Crippen molar-refractivity contribution in [1.29, 1.82) is 0 Å². The van der Waals surface area contributed by atoms with Gasteiger partial charge in [-0.05, 0) is 61.6 Å². The molecule has 2 bridgehead atoms. The van der Waals surface area contributed by atoms with Crippen LogP contribution in [0.3, 0.4) is 0 Å². The summed E-state index contributed by atoms with van der Waals surface area (Å²) in [6, 6.07) is 15.6. The van der Waals surface area contributed by atoms with Gasteiger partial charge in [0.1, 0.15) is 5.69 Å². The molecule has 3 aromatic rings. The van der Waals surface area contributed by atoms with Crippen molar-refractivity contribution in [3.05, 3.63) is 88.4 Å². The van der Waals surface area contributed by atoms with Crippen LogP contribution < -0.4 is 15.8 Å². The van der Waals surface area contributed by atoms with E-state index in [1.165, 1.54) is 9.58 Å². The van der Waals surface area contributed by atoms with E-state index in [-0.39, 0.29) is 46.7 Å². The number of benzene rings is 2. The number of carbonyl (C=O) groups excluding carboxylic acids is 3. The molecule has 1 N–H and O–H groups in total. The summed E-state index contributed by atoms with van der Waals surface area (Å²) in [5.74, 6) is -1.01. The Labute approximate surface area is 201 Å². The Kier molecular flexibility index (Phi) is 4.67. The van der Waals surface area contributed by atoms with Crippen LogP contribution in [0.4, 0.5) is 11.4 Å². The second-order valence-corrected chi connectivity index (χ2v) is 9.45. The predicted molar refractivity (Wildman–Crippen MR) is 130 cm³/mol. The van der Waals surface area contributed by atoms with Crippen molar-refractivity contribution in [2.75, 3.05) is 10.2 Å². The zero-order valence-electron chi connectivity index (χ0n) is 19.3. The van der Waals surface area contributed by atoms with Gasteiger partial charge in [0.15, 0.2) is 0 Å². The first-order valence-electron chi connectivity index (χ1n) is 11.7. The molecule has 8 nitrogen and oxygen atoms in total. The van der Waals surface area contributed by atoms with Crippen LogP contribution in [0, 0.1) is 30.6 Å². The molecule has 176 valence electrons. The smallest absolute Gasteiger partial charge is 0.295 e. The molecular formula is C27H24N4O4. The van der Waals surface area contributed by atoms with E-state index in [0.717, 1.165) is 6.42 Å². The van der Waals surface area contributed by atoms with Gasteiger partial charge in [-0.2, -0.15) is 0 Å². The molecule has 1 aliphatic heterocycles. The van der Waals surface area contributed by atoms with E-state index in [0.29, 0.717) is 22.6 Å². The molecule has 2 heterocycles. The van der Waals surface area contributed by atoms with Crippen molar-refractivity contribution in [1.82, 2.24) is 9.36 Å². The fourth-order valence-corrected chi connectivity index (χ4v) is 5.82. The molecule has 3 aliphatic rings. The number of allylic oxidation sites excluding steroid dienone is 2. The van der Waals surface area contributed by atoms with E-state index in [1.807, 2.05) is 30.3 Å². The lowest BCUT2D eigenvalue weighted by atomic mass is 9.85. The van der Waals surface area contributed by atoms with Gasteiger partial charge in [0.2, 0.25) is 11.8 Å². The van der Waals surface area contributed by atoms with Crippen LogP contribution in [0.25, 0.3) is 5.69 Å². The molecular weight excluding hydrogens is 444 g/mol.